The maximum Gasteiger partial charge on any atom is 0.333 e. The zero-order valence-electron chi connectivity index (χ0n) is 8.49. The number of carbonyl (C=O) groups is 1. The first-order valence-electron chi connectivity index (χ1n) is 4.64. The molecule has 74 valence electrons. The highest BCUT2D eigenvalue weighted by molar-refractivity contribution is 5.92. The molecule has 0 unspecified atom stereocenters. The molecule has 0 atom stereocenters. The van der Waals surface area contributed by atoms with Crippen molar-refractivity contribution >= 4 is 12.0 Å². The molecule has 0 aliphatic carbocycles. The van der Waals surface area contributed by atoms with Crippen molar-refractivity contribution in [1.29, 1.82) is 0 Å². The van der Waals surface area contributed by atoms with Crippen molar-refractivity contribution < 1.29 is 9.53 Å². The molecular formula is C12H14O2. The van der Waals surface area contributed by atoms with Gasteiger partial charge in [-0.15, -0.1) is 0 Å². The molecule has 0 spiro atoms. The number of benzene rings is 1. The highest BCUT2D eigenvalue weighted by atomic mass is 16.5. The summed E-state index contributed by atoms with van der Waals surface area (Å²) in [7, 11) is 0. The molecule has 14 heavy (non-hydrogen) atoms. The number of esters is 1. The first-order chi connectivity index (χ1) is 6.74. The van der Waals surface area contributed by atoms with E-state index in [0.717, 1.165) is 5.56 Å². The van der Waals surface area contributed by atoms with Crippen LogP contribution in [0, 0.1) is 0 Å². The lowest BCUT2D eigenvalue weighted by Gasteiger charge is -2.01. The monoisotopic (exact) mass is 190 g/mol. The highest BCUT2D eigenvalue weighted by Crippen LogP contribution is 2.07. The van der Waals surface area contributed by atoms with Gasteiger partial charge < -0.3 is 4.74 Å². The summed E-state index contributed by atoms with van der Waals surface area (Å²) in [5.74, 6) is -0.253. The summed E-state index contributed by atoms with van der Waals surface area (Å²) in [4.78, 5) is 11.3. The molecule has 1 aromatic carbocycles. The molecule has 1 aromatic rings. The van der Waals surface area contributed by atoms with E-state index in [2.05, 4.69) is 0 Å². The van der Waals surface area contributed by atoms with E-state index in [4.69, 9.17) is 4.74 Å². The summed E-state index contributed by atoms with van der Waals surface area (Å²) in [6.07, 6.45) is 1.82. The SMILES string of the molecule is CCOC(=O)C(C)=Cc1ccccc1. The molecule has 1 rings (SSSR count). The van der Waals surface area contributed by atoms with Gasteiger partial charge in [-0.25, -0.2) is 4.79 Å². The first-order valence-corrected chi connectivity index (χ1v) is 4.64. The number of carbonyl (C=O) groups excluding carboxylic acids is 1. The van der Waals surface area contributed by atoms with E-state index in [9.17, 15) is 4.79 Å². The Morgan fingerprint density at radius 3 is 2.57 bits per heavy atom. The van der Waals surface area contributed by atoms with Crippen LogP contribution in [-0.4, -0.2) is 12.6 Å². The van der Waals surface area contributed by atoms with Crippen molar-refractivity contribution in [3.05, 3.63) is 41.5 Å². The third kappa shape index (κ3) is 3.05. The fourth-order valence-electron chi connectivity index (χ4n) is 1.10. The molecule has 0 N–H and O–H groups in total. The van der Waals surface area contributed by atoms with Crippen LogP contribution in [0.5, 0.6) is 0 Å². The van der Waals surface area contributed by atoms with Crippen molar-refractivity contribution in [3.8, 4) is 0 Å². The fourth-order valence-corrected chi connectivity index (χ4v) is 1.10. The molecule has 0 radical (unpaired) electrons. The van der Waals surface area contributed by atoms with Crippen molar-refractivity contribution in [2.45, 2.75) is 13.8 Å². The van der Waals surface area contributed by atoms with E-state index >= 15 is 0 Å². The van der Waals surface area contributed by atoms with Crippen LogP contribution in [0.3, 0.4) is 0 Å². The molecule has 0 saturated carbocycles. The van der Waals surface area contributed by atoms with Crippen LogP contribution in [-0.2, 0) is 9.53 Å². The maximum absolute atomic E-state index is 11.3. The highest BCUT2D eigenvalue weighted by Gasteiger charge is 2.03. The van der Waals surface area contributed by atoms with Crippen molar-refractivity contribution in [1.82, 2.24) is 0 Å². The van der Waals surface area contributed by atoms with Gasteiger partial charge >= 0.3 is 5.97 Å². The molecule has 0 saturated heterocycles. The number of hydrogen-bond acceptors (Lipinski definition) is 2. The van der Waals surface area contributed by atoms with Gasteiger partial charge in [0.25, 0.3) is 0 Å². The first kappa shape index (κ1) is 10.5. The summed E-state index contributed by atoms with van der Waals surface area (Å²) in [6, 6.07) is 9.71. The van der Waals surface area contributed by atoms with Crippen molar-refractivity contribution in [2.24, 2.45) is 0 Å². The molecule has 0 heterocycles. The third-order valence-electron chi connectivity index (χ3n) is 1.78. The van der Waals surface area contributed by atoms with Gasteiger partial charge in [0.2, 0.25) is 0 Å². The summed E-state index contributed by atoms with van der Waals surface area (Å²) in [5.41, 5.74) is 1.64. The number of hydrogen-bond donors (Lipinski definition) is 0. The number of ether oxygens (including phenoxy) is 1. The molecule has 0 aliphatic heterocycles. The maximum atomic E-state index is 11.3. The Balaban J connectivity index is 2.74. The zero-order chi connectivity index (χ0) is 10.4. The van der Waals surface area contributed by atoms with Gasteiger partial charge in [0.05, 0.1) is 6.61 Å². The van der Waals surface area contributed by atoms with Crippen molar-refractivity contribution in [2.75, 3.05) is 6.61 Å². The van der Waals surface area contributed by atoms with Gasteiger partial charge in [0.1, 0.15) is 0 Å². The minimum Gasteiger partial charge on any atom is -0.463 e. The molecule has 0 fully saturated rings. The van der Waals surface area contributed by atoms with Gasteiger partial charge in [-0.05, 0) is 25.5 Å². The van der Waals surface area contributed by atoms with Crippen LogP contribution in [0.25, 0.3) is 6.08 Å². The van der Waals surface area contributed by atoms with E-state index in [1.54, 1.807) is 13.8 Å². The largest absolute Gasteiger partial charge is 0.463 e. The summed E-state index contributed by atoms with van der Waals surface area (Å²) >= 11 is 0. The second-order valence-corrected chi connectivity index (χ2v) is 2.96. The Hall–Kier alpha value is -1.57. The fraction of sp³-hybridized carbons (Fsp3) is 0.250. The van der Waals surface area contributed by atoms with Crippen LogP contribution in [0.2, 0.25) is 0 Å². The summed E-state index contributed by atoms with van der Waals surface area (Å²) in [5, 5.41) is 0. The Bertz CT molecular complexity index is 325. The normalized spacial score (nSPS) is 11.1. The van der Waals surface area contributed by atoms with E-state index in [1.807, 2.05) is 36.4 Å². The molecule has 2 nitrogen and oxygen atoms in total. The Morgan fingerprint density at radius 1 is 1.36 bits per heavy atom. The van der Waals surface area contributed by atoms with Gasteiger partial charge in [-0.2, -0.15) is 0 Å². The topological polar surface area (TPSA) is 26.3 Å². The second-order valence-electron chi connectivity index (χ2n) is 2.96. The number of rotatable bonds is 3. The van der Waals surface area contributed by atoms with E-state index < -0.39 is 0 Å². The molecule has 0 aromatic heterocycles. The predicted octanol–water partition coefficient (Wildman–Crippen LogP) is 2.65. The lowest BCUT2D eigenvalue weighted by Crippen LogP contribution is -2.04. The zero-order valence-corrected chi connectivity index (χ0v) is 8.49. The molecule has 0 amide bonds. The molecule has 0 bridgehead atoms. The van der Waals surface area contributed by atoms with Crippen molar-refractivity contribution in [3.63, 3.8) is 0 Å². The average Bonchev–Trinajstić information content (AvgIpc) is 2.19. The van der Waals surface area contributed by atoms with Gasteiger partial charge in [-0.3, -0.25) is 0 Å². The van der Waals surface area contributed by atoms with E-state index in [-0.39, 0.29) is 5.97 Å². The minimum atomic E-state index is -0.253. The van der Waals surface area contributed by atoms with Crippen LogP contribution < -0.4 is 0 Å². The van der Waals surface area contributed by atoms with Crippen LogP contribution >= 0.6 is 0 Å². The summed E-state index contributed by atoms with van der Waals surface area (Å²) in [6.45, 7) is 3.97. The quantitative estimate of drug-likeness (QED) is 0.541. The van der Waals surface area contributed by atoms with Crippen LogP contribution in [0.15, 0.2) is 35.9 Å². The molecule has 2 heteroatoms. The third-order valence-corrected chi connectivity index (χ3v) is 1.78. The average molecular weight is 190 g/mol. The molecular weight excluding hydrogens is 176 g/mol. The van der Waals surface area contributed by atoms with E-state index in [1.165, 1.54) is 0 Å². The Morgan fingerprint density at radius 2 is 2.00 bits per heavy atom. The van der Waals surface area contributed by atoms with Gasteiger partial charge in [0, 0.05) is 5.57 Å². The van der Waals surface area contributed by atoms with Gasteiger partial charge in [0.15, 0.2) is 0 Å². The summed E-state index contributed by atoms with van der Waals surface area (Å²) < 4.78 is 4.87. The Kier molecular flexibility index (Phi) is 3.92. The minimum absolute atomic E-state index is 0.253. The van der Waals surface area contributed by atoms with Crippen LogP contribution in [0.4, 0.5) is 0 Å². The van der Waals surface area contributed by atoms with Gasteiger partial charge in [-0.1, -0.05) is 30.3 Å². The van der Waals surface area contributed by atoms with Crippen LogP contribution in [0.1, 0.15) is 19.4 Å². The Labute approximate surface area is 84.2 Å². The smallest absolute Gasteiger partial charge is 0.333 e. The predicted molar refractivity (Wildman–Crippen MR) is 56.7 cm³/mol. The lowest BCUT2D eigenvalue weighted by atomic mass is 10.1. The standard InChI is InChI=1S/C12H14O2/c1-3-14-12(13)10(2)9-11-7-5-4-6-8-11/h4-9H,3H2,1-2H3. The lowest BCUT2D eigenvalue weighted by molar-refractivity contribution is -0.138. The second kappa shape index (κ2) is 5.22. The van der Waals surface area contributed by atoms with E-state index in [0.29, 0.717) is 12.2 Å². The molecule has 0 aliphatic rings.